The van der Waals surface area contributed by atoms with Gasteiger partial charge in [-0.05, 0) is 56.5 Å². The Morgan fingerprint density at radius 1 is 1.45 bits per heavy atom. The third-order valence-electron chi connectivity index (χ3n) is 4.01. The molecule has 1 aliphatic heterocycles. The molecule has 0 spiro atoms. The lowest BCUT2D eigenvalue weighted by atomic mass is 9.92. The number of nitrogens with zero attached hydrogens (tertiary/aromatic N) is 1. The van der Waals surface area contributed by atoms with Crippen LogP contribution in [0.3, 0.4) is 0 Å². The van der Waals surface area contributed by atoms with Gasteiger partial charge in [0.25, 0.3) is 0 Å². The van der Waals surface area contributed by atoms with Gasteiger partial charge in [-0.1, -0.05) is 22.0 Å². The second-order valence-corrected chi connectivity index (χ2v) is 6.32. The Hall–Kier alpha value is -0.910. The highest BCUT2D eigenvalue weighted by molar-refractivity contribution is 9.10. The SMILES string of the molecule is CC(O)C1CCN(Cc2ccc(C(=O)O)cc2Br)CC1. The second kappa shape index (κ2) is 6.70. The zero-order valence-electron chi connectivity index (χ0n) is 11.6. The number of rotatable bonds is 4. The summed E-state index contributed by atoms with van der Waals surface area (Å²) in [6.07, 6.45) is 1.81. The smallest absolute Gasteiger partial charge is 0.335 e. The van der Waals surface area contributed by atoms with E-state index < -0.39 is 5.97 Å². The topological polar surface area (TPSA) is 60.8 Å². The Balaban J connectivity index is 1.96. The number of carbonyl (C=O) groups is 1. The van der Waals surface area contributed by atoms with Crippen molar-refractivity contribution in [3.05, 3.63) is 33.8 Å². The summed E-state index contributed by atoms with van der Waals surface area (Å²) in [5.41, 5.74) is 1.40. The molecule has 20 heavy (non-hydrogen) atoms. The van der Waals surface area contributed by atoms with E-state index in [1.165, 1.54) is 0 Å². The number of hydrogen-bond acceptors (Lipinski definition) is 3. The molecule has 0 radical (unpaired) electrons. The van der Waals surface area contributed by atoms with E-state index >= 15 is 0 Å². The number of carboxylic acids is 1. The van der Waals surface area contributed by atoms with Gasteiger partial charge < -0.3 is 10.2 Å². The zero-order chi connectivity index (χ0) is 14.7. The summed E-state index contributed by atoms with van der Waals surface area (Å²) in [4.78, 5) is 13.2. The molecule has 5 heteroatoms. The third-order valence-corrected chi connectivity index (χ3v) is 4.75. The first-order valence-electron chi connectivity index (χ1n) is 6.89. The highest BCUT2D eigenvalue weighted by Crippen LogP contribution is 2.25. The van der Waals surface area contributed by atoms with Gasteiger partial charge in [0, 0.05) is 11.0 Å². The molecule has 0 aromatic heterocycles. The summed E-state index contributed by atoms with van der Waals surface area (Å²) < 4.78 is 0.843. The van der Waals surface area contributed by atoms with Crippen molar-refractivity contribution in [1.82, 2.24) is 4.90 Å². The van der Waals surface area contributed by atoms with Crippen LogP contribution in [0.5, 0.6) is 0 Å². The number of benzene rings is 1. The Labute approximate surface area is 127 Å². The Bertz CT molecular complexity index is 482. The molecule has 4 nitrogen and oxygen atoms in total. The molecule has 0 saturated carbocycles. The number of hydrogen-bond donors (Lipinski definition) is 2. The summed E-state index contributed by atoms with van der Waals surface area (Å²) in [5, 5.41) is 18.5. The fourth-order valence-corrected chi connectivity index (χ4v) is 3.15. The Morgan fingerprint density at radius 3 is 2.60 bits per heavy atom. The van der Waals surface area contributed by atoms with Gasteiger partial charge in [-0.3, -0.25) is 4.90 Å². The predicted octanol–water partition coefficient (Wildman–Crippen LogP) is 2.74. The van der Waals surface area contributed by atoms with Crippen LogP contribution in [0, 0.1) is 5.92 Å². The number of halogens is 1. The van der Waals surface area contributed by atoms with Crippen molar-refractivity contribution in [2.24, 2.45) is 5.92 Å². The van der Waals surface area contributed by atoms with E-state index in [0.29, 0.717) is 11.5 Å². The van der Waals surface area contributed by atoms with E-state index in [1.54, 1.807) is 12.1 Å². The van der Waals surface area contributed by atoms with Crippen molar-refractivity contribution >= 4 is 21.9 Å². The van der Waals surface area contributed by atoms with Gasteiger partial charge in [0.1, 0.15) is 0 Å². The highest BCUT2D eigenvalue weighted by atomic mass is 79.9. The van der Waals surface area contributed by atoms with Crippen LogP contribution >= 0.6 is 15.9 Å². The average molecular weight is 342 g/mol. The molecular weight excluding hydrogens is 322 g/mol. The summed E-state index contributed by atoms with van der Waals surface area (Å²) in [5.74, 6) is -0.501. The number of piperidine rings is 1. The van der Waals surface area contributed by atoms with Crippen LogP contribution in [0.4, 0.5) is 0 Å². The van der Waals surface area contributed by atoms with E-state index in [4.69, 9.17) is 5.11 Å². The molecule has 1 fully saturated rings. The van der Waals surface area contributed by atoms with Crippen LogP contribution in [0.1, 0.15) is 35.7 Å². The van der Waals surface area contributed by atoms with Gasteiger partial charge in [-0.2, -0.15) is 0 Å². The fourth-order valence-electron chi connectivity index (χ4n) is 2.64. The van der Waals surface area contributed by atoms with Crippen LogP contribution in [0.2, 0.25) is 0 Å². The minimum Gasteiger partial charge on any atom is -0.478 e. The van der Waals surface area contributed by atoms with Crippen molar-refractivity contribution in [3.63, 3.8) is 0 Å². The molecule has 1 aromatic rings. The van der Waals surface area contributed by atoms with Gasteiger partial charge in [0.05, 0.1) is 11.7 Å². The first-order chi connectivity index (χ1) is 9.47. The number of aliphatic hydroxyl groups is 1. The number of carboxylic acid groups (broad SMARTS) is 1. The molecule has 2 rings (SSSR count). The Morgan fingerprint density at radius 2 is 2.10 bits per heavy atom. The van der Waals surface area contributed by atoms with Crippen molar-refractivity contribution < 1.29 is 15.0 Å². The molecule has 0 amide bonds. The monoisotopic (exact) mass is 341 g/mol. The predicted molar refractivity (Wildman–Crippen MR) is 80.8 cm³/mol. The van der Waals surface area contributed by atoms with E-state index in [-0.39, 0.29) is 6.10 Å². The lowest BCUT2D eigenvalue weighted by molar-refractivity contribution is 0.0695. The summed E-state index contributed by atoms with van der Waals surface area (Å²) in [6, 6.07) is 5.17. The molecule has 0 bridgehead atoms. The normalized spacial score (nSPS) is 18.9. The molecular formula is C15H20BrNO3. The summed E-state index contributed by atoms with van der Waals surface area (Å²) in [7, 11) is 0. The van der Waals surface area contributed by atoms with Crippen LogP contribution in [0.25, 0.3) is 0 Å². The average Bonchev–Trinajstić information content (AvgIpc) is 2.41. The minimum absolute atomic E-state index is 0.223. The van der Waals surface area contributed by atoms with Gasteiger partial charge in [0.15, 0.2) is 0 Å². The zero-order valence-corrected chi connectivity index (χ0v) is 13.1. The Kier molecular flexibility index (Phi) is 5.18. The van der Waals surface area contributed by atoms with Crippen molar-refractivity contribution in [1.29, 1.82) is 0 Å². The lowest BCUT2D eigenvalue weighted by Gasteiger charge is -2.33. The quantitative estimate of drug-likeness (QED) is 0.883. The lowest BCUT2D eigenvalue weighted by Crippen LogP contribution is -2.36. The molecule has 1 atom stereocenters. The first-order valence-corrected chi connectivity index (χ1v) is 7.69. The molecule has 2 N–H and O–H groups in total. The van der Waals surface area contributed by atoms with Crippen LogP contribution in [-0.4, -0.2) is 40.3 Å². The third kappa shape index (κ3) is 3.81. The van der Waals surface area contributed by atoms with Crippen molar-refractivity contribution in [3.8, 4) is 0 Å². The number of likely N-dealkylation sites (tertiary alicyclic amines) is 1. The van der Waals surface area contributed by atoms with Crippen LogP contribution in [0.15, 0.2) is 22.7 Å². The molecule has 110 valence electrons. The molecule has 1 heterocycles. The van der Waals surface area contributed by atoms with E-state index in [9.17, 15) is 9.90 Å². The summed E-state index contributed by atoms with van der Waals surface area (Å²) >= 11 is 3.45. The molecule has 1 aromatic carbocycles. The molecule has 1 aliphatic rings. The van der Waals surface area contributed by atoms with Crippen molar-refractivity contribution in [2.45, 2.75) is 32.4 Å². The van der Waals surface area contributed by atoms with Gasteiger partial charge in [-0.25, -0.2) is 4.79 Å². The minimum atomic E-state index is -0.907. The fraction of sp³-hybridized carbons (Fsp3) is 0.533. The second-order valence-electron chi connectivity index (χ2n) is 5.47. The molecule has 1 saturated heterocycles. The number of aromatic carboxylic acids is 1. The van der Waals surface area contributed by atoms with Crippen LogP contribution < -0.4 is 0 Å². The maximum Gasteiger partial charge on any atom is 0.335 e. The largest absolute Gasteiger partial charge is 0.478 e. The first kappa shape index (κ1) is 15.5. The van der Waals surface area contributed by atoms with Crippen LogP contribution in [-0.2, 0) is 6.54 Å². The number of aliphatic hydroxyl groups excluding tert-OH is 1. The molecule has 1 unspecified atom stereocenters. The summed E-state index contributed by atoms with van der Waals surface area (Å²) in [6.45, 7) is 4.62. The van der Waals surface area contributed by atoms with Gasteiger partial charge in [0.2, 0.25) is 0 Å². The standard InChI is InChI=1S/C15H20BrNO3/c1-10(18)11-4-6-17(7-5-11)9-13-3-2-12(15(19)20)8-14(13)16/h2-3,8,10-11,18H,4-7,9H2,1H3,(H,19,20). The molecule has 0 aliphatic carbocycles. The maximum atomic E-state index is 10.9. The highest BCUT2D eigenvalue weighted by Gasteiger charge is 2.23. The van der Waals surface area contributed by atoms with E-state index in [1.807, 2.05) is 13.0 Å². The van der Waals surface area contributed by atoms with Crippen molar-refractivity contribution in [2.75, 3.05) is 13.1 Å². The van der Waals surface area contributed by atoms with Gasteiger partial charge in [-0.15, -0.1) is 0 Å². The van der Waals surface area contributed by atoms with E-state index in [0.717, 1.165) is 42.5 Å². The van der Waals surface area contributed by atoms with E-state index in [2.05, 4.69) is 20.8 Å². The maximum absolute atomic E-state index is 10.9. The van der Waals surface area contributed by atoms with Gasteiger partial charge >= 0.3 is 5.97 Å².